The average Bonchev–Trinajstić information content (AvgIpc) is 3.08. The van der Waals surface area contributed by atoms with E-state index in [9.17, 15) is 39.3 Å². The van der Waals surface area contributed by atoms with Crippen LogP contribution in [-0.4, -0.2) is 94.0 Å². The molecule has 0 bridgehead atoms. The molecule has 0 aromatic carbocycles. The minimum Gasteiger partial charge on any atom is -0.462 e. The van der Waals surface area contributed by atoms with Crippen molar-refractivity contribution in [1.82, 2.24) is 0 Å². The molecule has 13 heteroatoms. The van der Waals surface area contributed by atoms with E-state index in [1.54, 1.807) is 26.8 Å². The fraction of sp³-hybridized carbons (Fsp3) is 0.791. The molecule has 0 aromatic rings. The molecule has 322 valence electrons. The Bertz CT molecular complexity index is 1290. The first-order valence-electron chi connectivity index (χ1n) is 20.5. The van der Waals surface area contributed by atoms with Crippen molar-refractivity contribution in [2.24, 2.45) is 17.8 Å². The van der Waals surface area contributed by atoms with Crippen molar-refractivity contribution in [1.29, 1.82) is 0 Å². The minimum absolute atomic E-state index is 0.0585. The van der Waals surface area contributed by atoms with E-state index in [1.165, 1.54) is 27.7 Å². The Balaban J connectivity index is 3.50. The summed E-state index contributed by atoms with van der Waals surface area (Å²) in [4.78, 5) is 61.8. The van der Waals surface area contributed by atoms with Crippen molar-refractivity contribution in [3.8, 4) is 0 Å². The lowest BCUT2D eigenvalue weighted by atomic mass is 9.87. The van der Waals surface area contributed by atoms with Gasteiger partial charge in [-0.1, -0.05) is 44.4 Å². The molecule has 0 amide bonds. The van der Waals surface area contributed by atoms with Gasteiger partial charge in [0.2, 0.25) is 0 Å². The maximum atomic E-state index is 13.7. The van der Waals surface area contributed by atoms with E-state index in [-0.39, 0.29) is 37.8 Å². The number of carbonyl (C=O) groups excluding carboxylic acids is 5. The SMILES string of the molecule is CCCC(CC(C)=CC1OC(=O)C(C)C(O)C(C)CCC(OC(C)=O)CC(OC(C)=O)CC(OC(C)=O)CCC(C)=CCCCC(O)CC(O)C1C)OC(C)=O. The second kappa shape index (κ2) is 26.6. The topological polar surface area (TPSA) is 192 Å². The summed E-state index contributed by atoms with van der Waals surface area (Å²) in [6.07, 6.45) is 3.25. The van der Waals surface area contributed by atoms with E-state index in [0.29, 0.717) is 51.4 Å². The molecule has 1 aliphatic rings. The van der Waals surface area contributed by atoms with E-state index in [1.807, 2.05) is 20.8 Å². The summed E-state index contributed by atoms with van der Waals surface area (Å²) < 4.78 is 28.4. The highest BCUT2D eigenvalue weighted by molar-refractivity contribution is 5.73. The Hall–Kier alpha value is -3.29. The number of carbonyl (C=O) groups is 5. The van der Waals surface area contributed by atoms with Gasteiger partial charge in [-0.25, -0.2) is 0 Å². The predicted molar refractivity (Wildman–Crippen MR) is 211 cm³/mol. The van der Waals surface area contributed by atoms with Gasteiger partial charge in [0.15, 0.2) is 0 Å². The zero-order valence-corrected chi connectivity index (χ0v) is 35.6. The summed E-state index contributed by atoms with van der Waals surface area (Å²) in [6.45, 7) is 16.1. The van der Waals surface area contributed by atoms with Crippen LogP contribution in [-0.2, 0) is 47.7 Å². The molecule has 13 nitrogen and oxygen atoms in total. The monoisotopic (exact) mass is 796 g/mol. The predicted octanol–water partition coefficient (Wildman–Crippen LogP) is 6.61. The van der Waals surface area contributed by atoms with Crippen LogP contribution in [0.2, 0.25) is 0 Å². The van der Waals surface area contributed by atoms with Crippen LogP contribution in [0, 0.1) is 17.8 Å². The first kappa shape index (κ1) is 50.7. The molecule has 11 atom stereocenters. The largest absolute Gasteiger partial charge is 0.462 e. The van der Waals surface area contributed by atoms with Gasteiger partial charge in [-0.05, 0) is 90.6 Å². The van der Waals surface area contributed by atoms with E-state index in [2.05, 4.69) is 6.08 Å². The van der Waals surface area contributed by atoms with Crippen molar-refractivity contribution in [2.75, 3.05) is 0 Å². The van der Waals surface area contributed by atoms with Gasteiger partial charge in [-0.15, -0.1) is 0 Å². The summed E-state index contributed by atoms with van der Waals surface area (Å²) >= 11 is 0. The minimum atomic E-state index is -1.15. The van der Waals surface area contributed by atoms with Gasteiger partial charge in [-0.3, -0.25) is 24.0 Å². The Labute approximate surface area is 334 Å². The molecule has 1 rings (SSSR count). The zero-order valence-electron chi connectivity index (χ0n) is 35.6. The van der Waals surface area contributed by atoms with Gasteiger partial charge >= 0.3 is 29.8 Å². The fourth-order valence-electron chi connectivity index (χ4n) is 7.21. The van der Waals surface area contributed by atoms with Crippen LogP contribution in [0.5, 0.6) is 0 Å². The Morgan fingerprint density at radius 2 is 1.39 bits per heavy atom. The molecule has 0 aliphatic carbocycles. The van der Waals surface area contributed by atoms with Gasteiger partial charge in [-0.2, -0.15) is 0 Å². The molecule has 0 fully saturated rings. The molecule has 1 heterocycles. The quantitative estimate of drug-likeness (QED) is 0.128. The molecule has 56 heavy (non-hydrogen) atoms. The molecule has 0 spiro atoms. The van der Waals surface area contributed by atoms with Gasteiger partial charge in [0.25, 0.3) is 0 Å². The number of rotatable bonds is 9. The summed E-state index contributed by atoms with van der Waals surface area (Å²) in [6, 6.07) is 0. The van der Waals surface area contributed by atoms with Crippen molar-refractivity contribution < 1.29 is 63.0 Å². The van der Waals surface area contributed by atoms with Gasteiger partial charge in [0.1, 0.15) is 30.5 Å². The van der Waals surface area contributed by atoms with Gasteiger partial charge in [0.05, 0.1) is 24.2 Å². The maximum Gasteiger partial charge on any atom is 0.311 e. The lowest BCUT2D eigenvalue weighted by Gasteiger charge is -2.31. The van der Waals surface area contributed by atoms with E-state index < -0.39 is 84.4 Å². The van der Waals surface area contributed by atoms with Crippen molar-refractivity contribution in [2.45, 2.75) is 202 Å². The Morgan fingerprint density at radius 3 is 1.95 bits per heavy atom. The van der Waals surface area contributed by atoms with Crippen LogP contribution in [0.4, 0.5) is 0 Å². The van der Waals surface area contributed by atoms with Crippen LogP contribution in [0.1, 0.15) is 153 Å². The van der Waals surface area contributed by atoms with Crippen LogP contribution >= 0.6 is 0 Å². The summed E-state index contributed by atoms with van der Waals surface area (Å²) in [5.41, 5.74) is 1.85. The number of allylic oxidation sites excluding steroid dienone is 2. The number of esters is 5. The molecule has 11 unspecified atom stereocenters. The van der Waals surface area contributed by atoms with Crippen LogP contribution in [0.15, 0.2) is 23.3 Å². The van der Waals surface area contributed by atoms with E-state index in [4.69, 9.17) is 23.7 Å². The first-order chi connectivity index (χ1) is 26.2. The molecule has 0 aromatic heterocycles. The van der Waals surface area contributed by atoms with Crippen molar-refractivity contribution in [3.05, 3.63) is 23.3 Å². The standard InChI is InChI=1S/C43H72O13/c1-11-14-36(52-31(7)44)21-27(3)22-41-29(5)40(49)23-35(48)16-13-12-15-26(2)17-19-37(53-32(8)45)24-39(55-34(10)47)25-38(54-33(9)46)20-18-28(4)42(50)30(6)43(51)56-41/h15,22,28-30,35-42,48-50H,11-14,16-21,23-25H2,1-10H3. The van der Waals surface area contributed by atoms with E-state index >= 15 is 0 Å². The van der Waals surface area contributed by atoms with Crippen LogP contribution < -0.4 is 0 Å². The van der Waals surface area contributed by atoms with Gasteiger partial charge in [0, 0.05) is 52.9 Å². The molecule has 0 saturated carbocycles. The van der Waals surface area contributed by atoms with Crippen LogP contribution in [0.3, 0.4) is 0 Å². The van der Waals surface area contributed by atoms with Crippen molar-refractivity contribution >= 4 is 29.8 Å². The fourth-order valence-corrected chi connectivity index (χ4v) is 7.21. The lowest BCUT2D eigenvalue weighted by molar-refractivity contribution is -0.160. The molecule has 0 saturated heterocycles. The zero-order chi connectivity index (χ0) is 42.5. The lowest BCUT2D eigenvalue weighted by Crippen LogP contribution is -2.39. The third-order valence-corrected chi connectivity index (χ3v) is 10.4. The average molecular weight is 797 g/mol. The summed E-state index contributed by atoms with van der Waals surface area (Å²) in [7, 11) is 0. The van der Waals surface area contributed by atoms with Crippen LogP contribution in [0.25, 0.3) is 0 Å². The molecule has 1 aliphatic heterocycles. The number of hydrogen-bond acceptors (Lipinski definition) is 13. The Kier molecular flexibility index (Phi) is 24.1. The maximum absolute atomic E-state index is 13.7. The third-order valence-electron chi connectivity index (χ3n) is 10.4. The highest BCUT2D eigenvalue weighted by Gasteiger charge is 2.34. The van der Waals surface area contributed by atoms with Crippen molar-refractivity contribution in [3.63, 3.8) is 0 Å². The Morgan fingerprint density at radius 1 is 0.821 bits per heavy atom. The smallest absolute Gasteiger partial charge is 0.311 e. The second-order valence-electron chi connectivity index (χ2n) is 16.0. The summed E-state index contributed by atoms with van der Waals surface area (Å²) in [5, 5.41) is 33.6. The number of aliphatic hydroxyl groups is 3. The molecular weight excluding hydrogens is 724 g/mol. The molecule has 3 N–H and O–H groups in total. The van der Waals surface area contributed by atoms with Gasteiger partial charge < -0.3 is 39.0 Å². The number of cyclic esters (lactones) is 1. The first-order valence-corrected chi connectivity index (χ1v) is 20.5. The number of hydrogen-bond donors (Lipinski definition) is 3. The number of aliphatic hydroxyl groups excluding tert-OH is 3. The summed E-state index contributed by atoms with van der Waals surface area (Å²) in [5.74, 6) is -4.66. The second-order valence-corrected chi connectivity index (χ2v) is 16.0. The number of ether oxygens (including phenoxy) is 5. The highest BCUT2D eigenvalue weighted by Crippen LogP contribution is 2.28. The highest BCUT2D eigenvalue weighted by atomic mass is 16.6. The molecule has 0 radical (unpaired) electrons. The molecular formula is C43H72O13. The van der Waals surface area contributed by atoms with E-state index in [0.717, 1.165) is 17.6 Å². The third kappa shape index (κ3) is 21.3. The normalized spacial score (nSPS) is 30.7.